The van der Waals surface area contributed by atoms with Crippen LogP contribution in [0.5, 0.6) is 0 Å². The van der Waals surface area contributed by atoms with Gasteiger partial charge >= 0.3 is 12.0 Å². The highest BCUT2D eigenvalue weighted by Crippen LogP contribution is 2.17. The van der Waals surface area contributed by atoms with Crippen molar-refractivity contribution in [2.75, 3.05) is 6.54 Å². The van der Waals surface area contributed by atoms with E-state index in [0.29, 0.717) is 0 Å². The number of amides is 2. The monoisotopic (exact) mass is 278 g/mol. The standard InChI is InChI=1S/C15H22N2O3/c1-10(2)17(9-14(18)19)15(20)16-12(4)13-8-6-5-7-11(13)3/h5-8,10,12H,9H2,1-4H3,(H,16,20)(H,18,19). The summed E-state index contributed by atoms with van der Waals surface area (Å²) in [6.07, 6.45) is 0. The Kier molecular flexibility index (Phi) is 5.55. The highest BCUT2D eigenvalue weighted by atomic mass is 16.4. The number of benzene rings is 1. The summed E-state index contributed by atoms with van der Waals surface area (Å²) in [5.74, 6) is -1.02. The van der Waals surface area contributed by atoms with Gasteiger partial charge in [-0.25, -0.2) is 4.79 Å². The second-order valence-electron chi connectivity index (χ2n) is 5.14. The van der Waals surface area contributed by atoms with Crippen LogP contribution in [0.1, 0.15) is 37.9 Å². The normalized spacial score (nSPS) is 12.1. The topological polar surface area (TPSA) is 69.6 Å². The van der Waals surface area contributed by atoms with Crippen molar-refractivity contribution in [1.29, 1.82) is 0 Å². The molecule has 0 aliphatic heterocycles. The summed E-state index contributed by atoms with van der Waals surface area (Å²) in [6, 6.07) is 7.10. The highest BCUT2D eigenvalue weighted by Gasteiger charge is 2.21. The van der Waals surface area contributed by atoms with E-state index >= 15 is 0 Å². The fraction of sp³-hybridized carbons (Fsp3) is 0.467. The van der Waals surface area contributed by atoms with E-state index in [1.807, 2.05) is 38.1 Å². The van der Waals surface area contributed by atoms with E-state index in [0.717, 1.165) is 11.1 Å². The Labute approximate surface area is 119 Å². The Morgan fingerprint density at radius 3 is 2.35 bits per heavy atom. The van der Waals surface area contributed by atoms with Gasteiger partial charge in [-0.05, 0) is 38.8 Å². The summed E-state index contributed by atoms with van der Waals surface area (Å²) < 4.78 is 0. The predicted octanol–water partition coefficient (Wildman–Crippen LogP) is 2.56. The molecule has 0 aliphatic carbocycles. The SMILES string of the molecule is Cc1ccccc1C(C)NC(=O)N(CC(=O)O)C(C)C. The van der Waals surface area contributed by atoms with Crippen LogP contribution < -0.4 is 5.32 Å². The summed E-state index contributed by atoms with van der Waals surface area (Å²) in [5.41, 5.74) is 2.12. The maximum absolute atomic E-state index is 12.2. The molecule has 0 saturated carbocycles. The van der Waals surface area contributed by atoms with E-state index in [2.05, 4.69) is 5.32 Å². The molecule has 1 atom stereocenters. The maximum Gasteiger partial charge on any atom is 0.323 e. The van der Waals surface area contributed by atoms with E-state index in [9.17, 15) is 9.59 Å². The molecule has 5 heteroatoms. The third-order valence-corrected chi connectivity index (χ3v) is 3.18. The summed E-state index contributed by atoms with van der Waals surface area (Å²) in [5, 5.41) is 11.7. The van der Waals surface area contributed by atoms with Crippen LogP contribution in [0, 0.1) is 6.92 Å². The van der Waals surface area contributed by atoms with Gasteiger partial charge in [0.15, 0.2) is 0 Å². The Bertz CT molecular complexity index is 486. The molecule has 5 nitrogen and oxygen atoms in total. The average molecular weight is 278 g/mol. The summed E-state index contributed by atoms with van der Waals surface area (Å²) in [4.78, 5) is 24.3. The van der Waals surface area contributed by atoms with Crippen molar-refractivity contribution < 1.29 is 14.7 Å². The van der Waals surface area contributed by atoms with Gasteiger partial charge in [-0.3, -0.25) is 4.79 Å². The number of nitrogens with zero attached hydrogens (tertiary/aromatic N) is 1. The number of urea groups is 1. The van der Waals surface area contributed by atoms with Gasteiger partial charge in [0.25, 0.3) is 0 Å². The number of carbonyl (C=O) groups is 2. The first-order chi connectivity index (χ1) is 9.32. The zero-order chi connectivity index (χ0) is 15.3. The molecule has 0 spiro atoms. The number of carboxylic acid groups (broad SMARTS) is 1. The number of hydrogen-bond acceptors (Lipinski definition) is 2. The Morgan fingerprint density at radius 1 is 1.25 bits per heavy atom. The zero-order valence-corrected chi connectivity index (χ0v) is 12.4. The average Bonchev–Trinajstić information content (AvgIpc) is 2.35. The molecule has 1 unspecified atom stereocenters. The lowest BCUT2D eigenvalue weighted by atomic mass is 10.0. The van der Waals surface area contributed by atoms with Crippen molar-refractivity contribution in [3.8, 4) is 0 Å². The smallest absolute Gasteiger partial charge is 0.323 e. The fourth-order valence-electron chi connectivity index (χ4n) is 2.05. The molecule has 1 aromatic carbocycles. The van der Waals surface area contributed by atoms with Crippen molar-refractivity contribution in [2.45, 2.75) is 39.8 Å². The van der Waals surface area contributed by atoms with Gasteiger partial charge in [-0.2, -0.15) is 0 Å². The van der Waals surface area contributed by atoms with Crippen molar-refractivity contribution in [2.24, 2.45) is 0 Å². The molecule has 1 rings (SSSR count). The number of nitrogens with one attached hydrogen (secondary N) is 1. The minimum absolute atomic E-state index is 0.168. The summed E-state index contributed by atoms with van der Waals surface area (Å²) in [6.45, 7) is 7.15. The quantitative estimate of drug-likeness (QED) is 0.869. The van der Waals surface area contributed by atoms with Crippen LogP contribution in [-0.2, 0) is 4.79 Å². The fourth-order valence-corrected chi connectivity index (χ4v) is 2.05. The van der Waals surface area contributed by atoms with Crippen LogP contribution in [0.2, 0.25) is 0 Å². The van der Waals surface area contributed by atoms with Crippen molar-refractivity contribution in [1.82, 2.24) is 10.2 Å². The number of rotatable bonds is 5. The van der Waals surface area contributed by atoms with Crippen LogP contribution in [0.4, 0.5) is 4.79 Å². The Morgan fingerprint density at radius 2 is 1.85 bits per heavy atom. The molecule has 110 valence electrons. The van der Waals surface area contributed by atoms with E-state index in [4.69, 9.17) is 5.11 Å². The van der Waals surface area contributed by atoms with Crippen LogP contribution in [0.25, 0.3) is 0 Å². The first kappa shape index (κ1) is 16.0. The number of hydrogen-bond donors (Lipinski definition) is 2. The minimum Gasteiger partial charge on any atom is -0.480 e. The summed E-state index contributed by atoms with van der Waals surface area (Å²) in [7, 11) is 0. The molecular formula is C15H22N2O3. The lowest BCUT2D eigenvalue weighted by Crippen LogP contribution is -2.47. The van der Waals surface area contributed by atoms with E-state index < -0.39 is 5.97 Å². The van der Waals surface area contributed by atoms with Gasteiger partial charge in [0.1, 0.15) is 6.54 Å². The molecule has 2 N–H and O–H groups in total. The predicted molar refractivity (Wildman–Crippen MR) is 77.6 cm³/mol. The van der Waals surface area contributed by atoms with Crippen molar-refractivity contribution in [3.05, 3.63) is 35.4 Å². The highest BCUT2D eigenvalue weighted by molar-refractivity contribution is 5.80. The molecular weight excluding hydrogens is 256 g/mol. The molecule has 0 saturated heterocycles. The second kappa shape index (κ2) is 6.93. The second-order valence-corrected chi connectivity index (χ2v) is 5.14. The lowest BCUT2D eigenvalue weighted by Gasteiger charge is -2.27. The van der Waals surface area contributed by atoms with E-state index in [1.54, 1.807) is 13.8 Å². The lowest BCUT2D eigenvalue weighted by molar-refractivity contribution is -0.138. The van der Waals surface area contributed by atoms with Crippen LogP contribution in [-0.4, -0.2) is 34.6 Å². The van der Waals surface area contributed by atoms with Crippen molar-refractivity contribution in [3.63, 3.8) is 0 Å². The van der Waals surface area contributed by atoms with E-state index in [-0.39, 0.29) is 24.7 Å². The maximum atomic E-state index is 12.2. The number of aliphatic carboxylic acids is 1. The zero-order valence-electron chi connectivity index (χ0n) is 12.4. The molecule has 20 heavy (non-hydrogen) atoms. The van der Waals surface area contributed by atoms with Gasteiger partial charge in [0, 0.05) is 6.04 Å². The van der Waals surface area contributed by atoms with Gasteiger partial charge in [-0.1, -0.05) is 24.3 Å². The number of aryl methyl sites for hydroxylation is 1. The first-order valence-corrected chi connectivity index (χ1v) is 6.67. The molecule has 0 heterocycles. The molecule has 0 bridgehead atoms. The van der Waals surface area contributed by atoms with Gasteiger partial charge in [0.2, 0.25) is 0 Å². The minimum atomic E-state index is -1.02. The molecule has 1 aromatic rings. The molecule has 2 amide bonds. The largest absolute Gasteiger partial charge is 0.480 e. The number of carbonyl (C=O) groups excluding carboxylic acids is 1. The molecule has 0 fully saturated rings. The Balaban J connectivity index is 2.78. The van der Waals surface area contributed by atoms with Gasteiger partial charge in [0.05, 0.1) is 6.04 Å². The van der Waals surface area contributed by atoms with E-state index in [1.165, 1.54) is 4.90 Å². The number of carboxylic acids is 1. The third kappa shape index (κ3) is 4.26. The molecule has 0 radical (unpaired) electrons. The van der Waals surface area contributed by atoms with Gasteiger partial charge < -0.3 is 15.3 Å². The molecule has 0 aliphatic rings. The van der Waals surface area contributed by atoms with Gasteiger partial charge in [-0.15, -0.1) is 0 Å². The van der Waals surface area contributed by atoms with Crippen LogP contribution in [0.3, 0.4) is 0 Å². The van der Waals surface area contributed by atoms with Crippen LogP contribution in [0.15, 0.2) is 24.3 Å². The summed E-state index contributed by atoms with van der Waals surface area (Å²) >= 11 is 0. The van der Waals surface area contributed by atoms with Crippen molar-refractivity contribution >= 4 is 12.0 Å². The van der Waals surface area contributed by atoms with Crippen LogP contribution >= 0.6 is 0 Å². The third-order valence-electron chi connectivity index (χ3n) is 3.18. The molecule has 0 aromatic heterocycles. The Hall–Kier alpha value is -2.04. The first-order valence-electron chi connectivity index (χ1n) is 6.67.